The molecule has 1 aromatic heterocycles. The van der Waals surface area contributed by atoms with Crippen LogP contribution in [0.1, 0.15) is 0 Å². The molecule has 2 aromatic carbocycles. The van der Waals surface area contributed by atoms with Crippen LogP contribution >= 0.6 is 11.7 Å². The third-order valence-electron chi connectivity index (χ3n) is 2.68. The minimum absolute atomic E-state index is 0.103. The van der Waals surface area contributed by atoms with E-state index >= 15 is 0 Å². The third-order valence-corrected chi connectivity index (χ3v) is 4.63. The van der Waals surface area contributed by atoms with E-state index in [1.807, 2.05) is 0 Å². The maximum absolute atomic E-state index is 12.4. The van der Waals surface area contributed by atoms with Crippen molar-refractivity contribution in [2.45, 2.75) is 4.90 Å². The fraction of sp³-hybridized carbons (Fsp3) is 0. The fourth-order valence-electron chi connectivity index (χ4n) is 1.81. The molecule has 0 atom stereocenters. The Kier molecular flexibility index (Phi) is 3.03. The quantitative estimate of drug-likeness (QED) is 0.722. The molecule has 0 fully saturated rings. The van der Waals surface area contributed by atoms with Gasteiger partial charge in [-0.2, -0.15) is 8.75 Å². The van der Waals surface area contributed by atoms with Crippen molar-refractivity contribution in [2.24, 2.45) is 0 Å². The molecule has 3 rings (SSSR count). The highest BCUT2D eigenvalue weighted by molar-refractivity contribution is 7.93. The first kappa shape index (κ1) is 12.8. The number of nitrogens with zero attached hydrogens (tertiary/aromatic N) is 2. The topological polar surface area (TPSA) is 98.0 Å². The fourth-order valence-corrected chi connectivity index (χ4v) is 3.63. The van der Waals surface area contributed by atoms with Crippen LogP contribution in [0, 0.1) is 0 Å². The first-order valence-electron chi connectivity index (χ1n) is 5.66. The average molecular weight is 306 g/mol. The minimum Gasteiger partial charge on any atom is -0.399 e. The zero-order valence-corrected chi connectivity index (χ0v) is 11.8. The van der Waals surface area contributed by atoms with Crippen molar-refractivity contribution in [3.63, 3.8) is 0 Å². The molecule has 3 N–H and O–H groups in total. The van der Waals surface area contributed by atoms with Gasteiger partial charge in [-0.05, 0) is 30.3 Å². The first-order valence-corrected chi connectivity index (χ1v) is 7.87. The predicted molar refractivity (Wildman–Crippen MR) is 79.1 cm³/mol. The summed E-state index contributed by atoms with van der Waals surface area (Å²) in [5, 5.41) is 0. The number of rotatable bonds is 3. The summed E-state index contributed by atoms with van der Waals surface area (Å²) < 4.78 is 35.4. The van der Waals surface area contributed by atoms with Crippen LogP contribution < -0.4 is 10.5 Å². The lowest BCUT2D eigenvalue weighted by Crippen LogP contribution is -2.13. The van der Waals surface area contributed by atoms with E-state index < -0.39 is 10.0 Å². The van der Waals surface area contributed by atoms with Crippen molar-refractivity contribution in [3.05, 3.63) is 42.5 Å². The maximum Gasteiger partial charge on any atom is 0.264 e. The summed E-state index contributed by atoms with van der Waals surface area (Å²) in [5.74, 6) is 0. The Balaban J connectivity index is 2.06. The molecule has 0 saturated carbocycles. The van der Waals surface area contributed by atoms with Gasteiger partial charge in [0.15, 0.2) is 0 Å². The lowest BCUT2D eigenvalue weighted by molar-refractivity contribution is 0.602. The largest absolute Gasteiger partial charge is 0.399 e. The van der Waals surface area contributed by atoms with Crippen LogP contribution in [0.25, 0.3) is 11.0 Å². The minimum atomic E-state index is -3.73. The second kappa shape index (κ2) is 4.73. The Bertz CT molecular complexity index is 874. The number of nitrogen functional groups attached to an aromatic ring is 1. The van der Waals surface area contributed by atoms with Gasteiger partial charge in [0, 0.05) is 5.69 Å². The highest BCUT2D eigenvalue weighted by Crippen LogP contribution is 2.24. The molecule has 102 valence electrons. The number of fused-ring (bicyclic) bond motifs is 1. The van der Waals surface area contributed by atoms with Crippen molar-refractivity contribution in [3.8, 4) is 0 Å². The van der Waals surface area contributed by atoms with Crippen LogP contribution in [0.15, 0.2) is 47.4 Å². The van der Waals surface area contributed by atoms with E-state index in [9.17, 15) is 8.42 Å². The van der Waals surface area contributed by atoms with E-state index in [4.69, 9.17) is 5.73 Å². The molecular formula is C12H10N4O2S2. The summed E-state index contributed by atoms with van der Waals surface area (Å²) in [5.41, 5.74) is 7.46. The van der Waals surface area contributed by atoms with Crippen LogP contribution in [-0.4, -0.2) is 17.2 Å². The third kappa shape index (κ3) is 2.30. The van der Waals surface area contributed by atoms with E-state index in [0.29, 0.717) is 22.4 Å². The summed E-state index contributed by atoms with van der Waals surface area (Å²) in [7, 11) is -3.73. The molecule has 20 heavy (non-hydrogen) atoms. The monoisotopic (exact) mass is 306 g/mol. The first-order chi connectivity index (χ1) is 9.56. The number of hydrogen-bond donors (Lipinski definition) is 2. The van der Waals surface area contributed by atoms with E-state index in [1.165, 1.54) is 6.07 Å². The summed E-state index contributed by atoms with van der Waals surface area (Å²) in [6.07, 6.45) is 0. The van der Waals surface area contributed by atoms with Gasteiger partial charge in [0.2, 0.25) is 0 Å². The predicted octanol–water partition coefficient (Wildman–Crippen LogP) is 2.07. The number of anilines is 2. The Morgan fingerprint density at radius 3 is 2.70 bits per heavy atom. The van der Waals surface area contributed by atoms with Crippen LogP contribution in [-0.2, 0) is 10.0 Å². The lowest BCUT2D eigenvalue weighted by atomic mass is 10.3. The van der Waals surface area contributed by atoms with Crippen molar-refractivity contribution >= 4 is 44.2 Å². The number of nitrogens with one attached hydrogen (secondary N) is 1. The number of nitrogens with two attached hydrogens (primary N) is 1. The van der Waals surface area contributed by atoms with Gasteiger partial charge in [-0.1, -0.05) is 12.1 Å². The molecule has 0 spiro atoms. The zero-order chi connectivity index (χ0) is 14.2. The smallest absolute Gasteiger partial charge is 0.264 e. The van der Waals surface area contributed by atoms with Crippen molar-refractivity contribution in [2.75, 3.05) is 10.5 Å². The van der Waals surface area contributed by atoms with Gasteiger partial charge >= 0.3 is 0 Å². The van der Waals surface area contributed by atoms with Crippen LogP contribution in [0.3, 0.4) is 0 Å². The van der Waals surface area contributed by atoms with Crippen molar-refractivity contribution < 1.29 is 8.42 Å². The van der Waals surface area contributed by atoms with E-state index in [0.717, 1.165) is 11.7 Å². The number of hydrogen-bond acceptors (Lipinski definition) is 6. The molecule has 0 amide bonds. The molecule has 0 radical (unpaired) electrons. The summed E-state index contributed by atoms with van der Waals surface area (Å²) in [6.45, 7) is 0. The van der Waals surface area contributed by atoms with Gasteiger partial charge in [0.1, 0.15) is 15.9 Å². The number of aromatic nitrogens is 2. The Morgan fingerprint density at radius 1 is 1.10 bits per heavy atom. The molecule has 6 nitrogen and oxygen atoms in total. The molecule has 1 heterocycles. The molecule has 8 heteroatoms. The number of benzene rings is 2. The maximum atomic E-state index is 12.4. The molecule has 3 aromatic rings. The SMILES string of the molecule is Nc1cccc(NS(=O)(=O)c2cccc3nsnc23)c1. The Morgan fingerprint density at radius 2 is 1.90 bits per heavy atom. The Labute approximate surface area is 119 Å². The summed E-state index contributed by atoms with van der Waals surface area (Å²) in [4.78, 5) is 0.103. The number of sulfonamides is 1. The van der Waals surface area contributed by atoms with Gasteiger partial charge in [0.05, 0.1) is 17.4 Å². The van der Waals surface area contributed by atoms with E-state index in [-0.39, 0.29) is 4.90 Å². The standard InChI is InChI=1S/C12H10N4O2S2/c13-8-3-1-4-9(7-8)16-20(17,18)11-6-2-5-10-12(11)15-19-14-10/h1-7,16H,13H2. The summed E-state index contributed by atoms with van der Waals surface area (Å²) in [6, 6.07) is 11.4. The van der Waals surface area contributed by atoms with Gasteiger partial charge in [-0.15, -0.1) is 0 Å². The molecule has 0 bridgehead atoms. The Hall–Kier alpha value is -2.19. The zero-order valence-electron chi connectivity index (χ0n) is 10.1. The van der Waals surface area contributed by atoms with E-state index in [2.05, 4.69) is 13.5 Å². The van der Waals surface area contributed by atoms with Gasteiger partial charge in [-0.3, -0.25) is 4.72 Å². The lowest BCUT2D eigenvalue weighted by Gasteiger charge is -2.08. The molecule has 0 saturated heterocycles. The van der Waals surface area contributed by atoms with Crippen molar-refractivity contribution in [1.82, 2.24) is 8.75 Å². The average Bonchev–Trinajstić information content (AvgIpc) is 2.85. The van der Waals surface area contributed by atoms with Crippen molar-refractivity contribution in [1.29, 1.82) is 0 Å². The molecule has 0 aliphatic rings. The molecule has 0 aliphatic heterocycles. The van der Waals surface area contributed by atoms with E-state index in [1.54, 1.807) is 36.4 Å². The van der Waals surface area contributed by atoms with Gasteiger partial charge in [-0.25, -0.2) is 8.42 Å². The highest BCUT2D eigenvalue weighted by Gasteiger charge is 2.19. The summed E-state index contributed by atoms with van der Waals surface area (Å²) >= 11 is 0.980. The van der Waals surface area contributed by atoms with Crippen LogP contribution in [0.5, 0.6) is 0 Å². The second-order valence-electron chi connectivity index (χ2n) is 4.12. The normalized spacial score (nSPS) is 11.6. The molecular weight excluding hydrogens is 296 g/mol. The second-order valence-corrected chi connectivity index (χ2v) is 6.30. The van der Waals surface area contributed by atoms with Crippen LogP contribution in [0.2, 0.25) is 0 Å². The van der Waals surface area contributed by atoms with Gasteiger partial charge < -0.3 is 5.73 Å². The van der Waals surface area contributed by atoms with Gasteiger partial charge in [0.25, 0.3) is 10.0 Å². The van der Waals surface area contributed by atoms with Crippen LogP contribution in [0.4, 0.5) is 11.4 Å². The molecule has 0 unspecified atom stereocenters. The molecule has 0 aliphatic carbocycles. The highest BCUT2D eigenvalue weighted by atomic mass is 32.2.